The first kappa shape index (κ1) is 22.4. The van der Waals surface area contributed by atoms with Crippen LogP contribution < -0.4 is 5.01 Å². The highest BCUT2D eigenvalue weighted by molar-refractivity contribution is 5.96. The molecule has 2 N–H and O–H groups in total. The Morgan fingerprint density at radius 3 is 2.43 bits per heavy atom. The fraction of sp³-hybridized carbons (Fsp3) is 0.115. The lowest BCUT2D eigenvalue weighted by Gasteiger charge is -2.27. The normalized spacial score (nSPS) is 11.5. The number of carbonyl (C=O) groups is 1. The minimum atomic E-state index is -0.116. The van der Waals surface area contributed by atoms with Crippen molar-refractivity contribution in [3.8, 4) is 33.9 Å². The second-order valence-corrected chi connectivity index (χ2v) is 8.68. The SMILES string of the molecule is CC(=O)N(c1cncc(-c2ccc3[nH]nc(-c4nc5c(-c6ccncc6)cncc5[nH]4)c3n2)c1)N(C)C. The fourth-order valence-electron chi connectivity index (χ4n) is 4.39. The van der Waals surface area contributed by atoms with Crippen LogP contribution in [-0.4, -0.2) is 65.1 Å². The summed E-state index contributed by atoms with van der Waals surface area (Å²) in [5, 5.41) is 10.8. The number of aromatic nitrogens is 8. The van der Waals surface area contributed by atoms with Crippen molar-refractivity contribution in [1.82, 2.24) is 45.1 Å². The van der Waals surface area contributed by atoms with Gasteiger partial charge in [0.15, 0.2) is 11.5 Å². The van der Waals surface area contributed by atoms with E-state index in [2.05, 4.69) is 30.1 Å². The third-order valence-corrected chi connectivity index (χ3v) is 5.98. The molecule has 0 spiro atoms. The van der Waals surface area contributed by atoms with Crippen LogP contribution in [0.5, 0.6) is 0 Å². The highest BCUT2D eigenvalue weighted by Gasteiger charge is 2.19. The second kappa shape index (κ2) is 8.88. The monoisotopic (exact) mass is 490 g/mol. The summed E-state index contributed by atoms with van der Waals surface area (Å²) in [4.78, 5) is 38.1. The molecule has 37 heavy (non-hydrogen) atoms. The first-order valence-electron chi connectivity index (χ1n) is 11.5. The van der Waals surface area contributed by atoms with Crippen LogP contribution in [-0.2, 0) is 4.79 Å². The van der Waals surface area contributed by atoms with E-state index in [4.69, 9.17) is 9.97 Å². The van der Waals surface area contributed by atoms with Gasteiger partial charge in [-0.15, -0.1) is 0 Å². The predicted octanol–water partition coefficient (Wildman–Crippen LogP) is 3.85. The topological polar surface area (TPSA) is 132 Å². The molecule has 0 unspecified atom stereocenters. The molecule has 11 heteroatoms. The number of anilines is 1. The zero-order valence-electron chi connectivity index (χ0n) is 20.3. The molecule has 182 valence electrons. The quantitative estimate of drug-likeness (QED) is 0.348. The van der Waals surface area contributed by atoms with Gasteiger partial charge in [0.2, 0.25) is 5.91 Å². The van der Waals surface area contributed by atoms with Gasteiger partial charge in [-0.2, -0.15) is 5.10 Å². The number of fused-ring (bicyclic) bond motifs is 2. The zero-order chi connectivity index (χ0) is 25.5. The van der Waals surface area contributed by atoms with Crippen molar-refractivity contribution >= 4 is 33.7 Å². The summed E-state index contributed by atoms with van der Waals surface area (Å²) >= 11 is 0. The van der Waals surface area contributed by atoms with Crippen LogP contribution >= 0.6 is 0 Å². The molecular weight excluding hydrogens is 468 g/mol. The molecule has 6 aromatic rings. The summed E-state index contributed by atoms with van der Waals surface area (Å²) in [7, 11) is 3.61. The first-order chi connectivity index (χ1) is 18.0. The van der Waals surface area contributed by atoms with Crippen LogP contribution in [0.3, 0.4) is 0 Å². The van der Waals surface area contributed by atoms with Crippen LogP contribution in [0.4, 0.5) is 5.69 Å². The number of rotatable bonds is 5. The molecule has 0 aliphatic rings. The number of H-pyrrole nitrogens is 2. The Balaban J connectivity index is 1.44. The maximum absolute atomic E-state index is 12.2. The average Bonchev–Trinajstić information content (AvgIpc) is 3.52. The number of hydrazine groups is 1. The van der Waals surface area contributed by atoms with Crippen LogP contribution in [0.25, 0.3) is 56.0 Å². The van der Waals surface area contributed by atoms with E-state index in [1.165, 1.54) is 6.92 Å². The highest BCUT2D eigenvalue weighted by Crippen LogP contribution is 2.31. The number of imidazole rings is 1. The largest absolute Gasteiger partial charge is 0.335 e. The molecule has 6 aromatic heterocycles. The minimum Gasteiger partial charge on any atom is -0.335 e. The van der Waals surface area contributed by atoms with Crippen LogP contribution in [0, 0.1) is 0 Å². The van der Waals surface area contributed by atoms with Crippen molar-refractivity contribution in [2.45, 2.75) is 6.92 Å². The molecule has 11 nitrogen and oxygen atoms in total. The Hall–Kier alpha value is -5.03. The number of carbonyl (C=O) groups excluding carboxylic acids is 1. The van der Waals surface area contributed by atoms with E-state index in [0.717, 1.165) is 33.2 Å². The number of nitrogens with zero attached hydrogens (tertiary/aromatic N) is 8. The molecule has 0 atom stereocenters. The van der Waals surface area contributed by atoms with E-state index >= 15 is 0 Å². The maximum Gasteiger partial charge on any atom is 0.238 e. The molecule has 1 amide bonds. The molecule has 0 bridgehead atoms. The van der Waals surface area contributed by atoms with E-state index < -0.39 is 0 Å². The summed E-state index contributed by atoms with van der Waals surface area (Å²) in [5.41, 5.74) is 7.60. The lowest BCUT2D eigenvalue weighted by molar-refractivity contribution is -0.118. The molecule has 0 aliphatic carbocycles. The average molecular weight is 491 g/mol. The number of hydrogen-bond donors (Lipinski definition) is 2. The van der Waals surface area contributed by atoms with E-state index in [-0.39, 0.29) is 5.91 Å². The van der Waals surface area contributed by atoms with Gasteiger partial charge >= 0.3 is 0 Å². The summed E-state index contributed by atoms with van der Waals surface area (Å²) in [6.07, 6.45) is 10.4. The molecular formula is C26H22N10O. The Morgan fingerprint density at radius 1 is 0.838 bits per heavy atom. The number of hydrogen-bond acceptors (Lipinski definition) is 8. The predicted molar refractivity (Wildman–Crippen MR) is 140 cm³/mol. The van der Waals surface area contributed by atoms with Gasteiger partial charge in [0.25, 0.3) is 0 Å². The fourth-order valence-corrected chi connectivity index (χ4v) is 4.39. The molecule has 0 aromatic carbocycles. The molecule has 0 fully saturated rings. The lowest BCUT2D eigenvalue weighted by Crippen LogP contribution is -2.40. The van der Waals surface area contributed by atoms with Crippen LogP contribution in [0.1, 0.15) is 6.92 Å². The smallest absolute Gasteiger partial charge is 0.238 e. The van der Waals surface area contributed by atoms with Crippen molar-refractivity contribution in [3.05, 3.63) is 67.5 Å². The number of nitrogens with one attached hydrogen (secondary N) is 2. The van der Waals surface area contributed by atoms with Crippen molar-refractivity contribution in [3.63, 3.8) is 0 Å². The Morgan fingerprint density at radius 2 is 1.65 bits per heavy atom. The van der Waals surface area contributed by atoms with E-state index in [1.807, 2.05) is 30.3 Å². The third-order valence-electron chi connectivity index (χ3n) is 5.98. The first-order valence-corrected chi connectivity index (χ1v) is 11.5. The van der Waals surface area contributed by atoms with E-state index in [0.29, 0.717) is 28.4 Å². The second-order valence-electron chi connectivity index (χ2n) is 8.68. The van der Waals surface area contributed by atoms with Crippen LogP contribution in [0.2, 0.25) is 0 Å². The molecule has 0 saturated carbocycles. The molecule has 6 heterocycles. The van der Waals surface area contributed by atoms with Gasteiger partial charge in [-0.1, -0.05) is 0 Å². The molecule has 6 rings (SSSR count). The van der Waals surface area contributed by atoms with Crippen molar-refractivity contribution in [1.29, 1.82) is 0 Å². The summed E-state index contributed by atoms with van der Waals surface area (Å²) in [6, 6.07) is 9.55. The van der Waals surface area contributed by atoms with Gasteiger partial charge in [-0.25, -0.2) is 20.0 Å². The van der Waals surface area contributed by atoms with Gasteiger partial charge in [0, 0.05) is 56.9 Å². The Bertz CT molecular complexity index is 1760. The van der Waals surface area contributed by atoms with Crippen molar-refractivity contribution in [2.75, 3.05) is 19.1 Å². The number of aromatic amines is 2. The van der Waals surface area contributed by atoms with Gasteiger partial charge in [-0.3, -0.25) is 24.8 Å². The maximum atomic E-state index is 12.2. The number of pyridine rings is 4. The third kappa shape index (κ3) is 3.96. The summed E-state index contributed by atoms with van der Waals surface area (Å²) < 4.78 is 0. The highest BCUT2D eigenvalue weighted by atomic mass is 16.2. The molecule has 0 radical (unpaired) electrons. The standard InChI is InChI=1S/C26H22N10O/c1-15(37)36(35(2)3)18-10-17(11-28-12-18)20-4-5-21-24(30-20)25(34-33-21)26-31-22-14-29-13-19(23(22)32-26)16-6-8-27-9-7-16/h4-14H,1-3H3,(H,31,32)(H,33,34). The zero-order valence-corrected chi connectivity index (χ0v) is 20.3. The van der Waals surface area contributed by atoms with Gasteiger partial charge < -0.3 is 4.98 Å². The van der Waals surface area contributed by atoms with Crippen LogP contribution in [0.15, 0.2) is 67.5 Å². The number of amides is 1. The Kier molecular flexibility index (Phi) is 5.38. The summed E-state index contributed by atoms with van der Waals surface area (Å²) in [6.45, 7) is 1.51. The lowest BCUT2D eigenvalue weighted by atomic mass is 10.1. The molecule has 0 aliphatic heterocycles. The van der Waals surface area contributed by atoms with Gasteiger partial charge in [0.1, 0.15) is 5.52 Å². The van der Waals surface area contributed by atoms with Gasteiger partial charge in [0.05, 0.1) is 40.3 Å². The minimum absolute atomic E-state index is 0.116. The van der Waals surface area contributed by atoms with Gasteiger partial charge in [-0.05, 0) is 35.9 Å². The van der Waals surface area contributed by atoms with E-state index in [9.17, 15) is 4.79 Å². The molecule has 0 saturated heterocycles. The van der Waals surface area contributed by atoms with Crippen molar-refractivity contribution in [2.24, 2.45) is 0 Å². The van der Waals surface area contributed by atoms with Crippen molar-refractivity contribution < 1.29 is 4.79 Å². The summed E-state index contributed by atoms with van der Waals surface area (Å²) in [5.74, 6) is 0.464. The Labute approximate surface area is 211 Å². The van der Waals surface area contributed by atoms with E-state index in [1.54, 1.807) is 61.3 Å².